The molecule has 0 aliphatic carbocycles. The number of hydrogen-bond acceptors (Lipinski definition) is 3. The van der Waals surface area contributed by atoms with Gasteiger partial charge < -0.3 is 0 Å². The largest absolute Gasteiger partial charge is 0.297 e. The first-order chi connectivity index (χ1) is 10.6. The van der Waals surface area contributed by atoms with E-state index in [-0.39, 0.29) is 0 Å². The van der Waals surface area contributed by atoms with Crippen LogP contribution < -0.4 is 0 Å². The van der Waals surface area contributed by atoms with E-state index in [1.165, 1.54) is 42.9 Å². The molecule has 2 aromatic heterocycles. The smallest absolute Gasteiger partial charge is 0.0527 e. The molecular weight excluding hydrogens is 274 g/mol. The van der Waals surface area contributed by atoms with Gasteiger partial charge in [0, 0.05) is 31.0 Å². The van der Waals surface area contributed by atoms with Crippen LogP contribution in [-0.2, 0) is 13.0 Å². The minimum Gasteiger partial charge on any atom is -0.297 e. The molecule has 1 atom stereocenters. The average molecular weight is 301 g/mol. The number of aromatic nitrogens is 4. The van der Waals surface area contributed by atoms with Gasteiger partial charge in [-0.3, -0.25) is 14.7 Å². The van der Waals surface area contributed by atoms with Crippen molar-refractivity contribution in [3.05, 3.63) is 35.4 Å². The maximum Gasteiger partial charge on any atom is 0.0527 e. The van der Waals surface area contributed by atoms with Crippen molar-refractivity contribution < 1.29 is 0 Å². The molecule has 0 amide bonds. The lowest BCUT2D eigenvalue weighted by Crippen LogP contribution is -2.36. The summed E-state index contributed by atoms with van der Waals surface area (Å²) in [5.41, 5.74) is 3.92. The summed E-state index contributed by atoms with van der Waals surface area (Å²) in [5.74, 6) is 0.725. The van der Waals surface area contributed by atoms with Gasteiger partial charge in [0.15, 0.2) is 0 Å². The number of nitrogens with one attached hydrogen (secondary N) is 1. The number of hydrogen-bond donors (Lipinski definition) is 1. The summed E-state index contributed by atoms with van der Waals surface area (Å²) in [6.07, 6.45) is 7.57. The van der Waals surface area contributed by atoms with Crippen molar-refractivity contribution in [2.45, 2.75) is 52.6 Å². The zero-order valence-corrected chi connectivity index (χ0v) is 13.9. The lowest BCUT2D eigenvalue weighted by molar-refractivity contribution is 0.161. The van der Waals surface area contributed by atoms with Crippen molar-refractivity contribution >= 4 is 0 Å². The number of nitrogens with zero attached hydrogens (tertiary/aromatic N) is 4. The van der Waals surface area contributed by atoms with Gasteiger partial charge in [0.1, 0.15) is 0 Å². The highest BCUT2D eigenvalue weighted by molar-refractivity contribution is 5.14. The Kier molecular flexibility index (Phi) is 4.62. The molecule has 22 heavy (non-hydrogen) atoms. The second kappa shape index (κ2) is 6.65. The summed E-state index contributed by atoms with van der Waals surface area (Å²) in [6.45, 7) is 9.90. The molecule has 0 spiro atoms. The van der Waals surface area contributed by atoms with Gasteiger partial charge in [0.2, 0.25) is 0 Å². The molecule has 0 unspecified atom stereocenters. The van der Waals surface area contributed by atoms with Crippen LogP contribution >= 0.6 is 0 Å². The molecule has 1 fully saturated rings. The molecule has 0 radical (unpaired) electrons. The monoisotopic (exact) mass is 301 g/mol. The van der Waals surface area contributed by atoms with Crippen LogP contribution in [0.4, 0.5) is 0 Å². The highest BCUT2D eigenvalue weighted by atomic mass is 15.3. The van der Waals surface area contributed by atoms with Gasteiger partial charge in [-0.2, -0.15) is 10.2 Å². The van der Waals surface area contributed by atoms with Crippen LogP contribution in [0.5, 0.6) is 0 Å². The maximum absolute atomic E-state index is 4.45. The molecule has 1 aliphatic heterocycles. The van der Waals surface area contributed by atoms with Crippen LogP contribution in [0.3, 0.4) is 0 Å². The molecule has 0 aromatic carbocycles. The minimum absolute atomic E-state index is 0.429. The summed E-state index contributed by atoms with van der Waals surface area (Å²) in [7, 11) is 0. The van der Waals surface area contributed by atoms with Crippen LogP contribution in [0, 0.1) is 12.8 Å². The first-order valence-corrected chi connectivity index (χ1v) is 8.37. The fourth-order valence-electron chi connectivity index (χ4n) is 3.49. The van der Waals surface area contributed by atoms with E-state index in [1.807, 2.05) is 12.4 Å². The zero-order valence-electron chi connectivity index (χ0n) is 13.9. The Hall–Kier alpha value is -1.62. The summed E-state index contributed by atoms with van der Waals surface area (Å²) in [6, 6.07) is 2.58. The normalized spacial score (nSPS) is 19.9. The number of aryl methyl sites for hydroxylation is 1. The molecule has 3 rings (SSSR count). The number of aromatic amines is 1. The predicted molar refractivity (Wildman–Crippen MR) is 87.6 cm³/mol. The van der Waals surface area contributed by atoms with Gasteiger partial charge in [-0.15, -0.1) is 0 Å². The van der Waals surface area contributed by atoms with Crippen LogP contribution in [-0.4, -0.2) is 38.0 Å². The van der Waals surface area contributed by atoms with E-state index in [0.29, 0.717) is 6.04 Å². The Bertz CT molecular complexity index is 598. The molecule has 5 nitrogen and oxygen atoms in total. The second-order valence-electron chi connectivity index (χ2n) is 6.84. The van der Waals surface area contributed by atoms with Crippen molar-refractivity contribution in [2.24, 2.45) is 5.92 Å². The van der Waals surface area contributed by atoms with Crippen molar-refractivity contribution in [1.82, 2.24) is 24.9 Å². The molecular formula is C17H27N5. The molecule has 1 saturated heterocycles. The lowest BCUT2D eigenvalue weighted by Gasteiger charge is -2.33. The number of rotatable bonds is 5. The Balaban J connectivity index is 1.61. The SMILES string of the molecule is Cc1cn[nH]c1C[C@@H]1CCCN(Cc2ccnn2C(C)C)C1. The third-order valence-corrected chi connectivity index (χ3v) is 4.66. The molecule has 0 bridgehead atoms. The van der Waals surface area contributed by atoms with Gasteiger partial charge in [0.25, 0.3) is 0 Å². The van der Waals surface area contributed by atoms with Crippen LogP contribution in [0.2, 0.25) is 0 Å². The molecule has 120 valence electrons. The summed E-state index contributed by atoms with van der Waals surface area (Å²) < 4.78 is 2.14. The molecule has 2 aromatic rings. The number of piperidine rings is 1. The van der Waals surface area contributed by atoms with Crippen LogP contribution in [0.1, 0.15) is 49.7 Å². The quantitative estimate of drug-likeness (QED) is 0.923. The van der Waals surface area contributed by atoms with E-state index in [4.69, 9.17) is 0 Å². The van der Waals surface area contributed by atoms with Gasteiger partial charge in [-0.25, -0.2) is 0 Å². The van der Waals surface area contributed by atoms with E-state index < -0.39 is 0 Å². The average Bonchev–Trinajstić information content (AvgIpc) is 3.09. The predicted octanol–water partition coefficient (Wildman–Crippen LogP) is 2.95. The first-order valence-electron chi connectivity index (χ1n) is 8.37. The van der Waals surface area contributed by atoms with Gasteiger partial charge in [-0.1, -0.05) is 0 Å². The highest BCUT2D eigenvalue weighted by Gasteiger charge is 2.22. The highest BCUT2D eigenvalue weighted by Crippen LogP contribution is 2.23. The molecule has 0 saturated carbocycles. The lowest BCUT2D eigenvalue weighted by atomic mass is 9.92. The molecule has 1 aliphatic rings. The second-order valence-corrected chi connectivity index (χ2v) is 6.84. The third kappa shape index (κ3) is 3.40. The summed E-state index contributed by atoms with van der Waals surface area (Å²) in [5, 5.41) is 11.8. The van der Waals surface area contributed by atoms with E-state index in [1.54, 1.807) is 0 Å². The number of likely N-dealkylation sites (tertiary alicyclic amines) is 1. The third-order valence-electron chi connectivity index (χ3n) is 4.66. The fraction of sp³-hybridized carbons (Fsp3) is 0.647. The number of H-pyrrole nitrogens is 1. The molecule has 5 heteroatoms. The van der Waals surface area contributed by atoms with Crippen molar-refractivity contribution in [2.75, 3.05) is 13.1 Å². The Morgan fingerprint density at radius 2 is 2.27 bits per heavy atom. The summed E-state index contributed by atoms with van der Waals surface area (Å²) in [4.78, 5) is 2.58. The Morgan fingerprint density at radius 3 is 3.00 bits per heavy atom. The van der Waals surface area contributed by atoms with Crippen LogP contribution in [0.25, 0.3) is 0 Å². The fourth-order valence-corrected chi connectivity index (χ4v) is 3.49. The Labute approximate surface area is 132 Å². The van der Waals surface area contributed by atoms with E-state index in [2.05, 4.69) is 51.7 Å². The van der Waals surface area contributed by atoms with Crippen molar-refractivity contribution in [3.8, 4) is 0 Å². The Morgan fingerprint density at radius 1 is 1.41 bits per heavy atom. The van der Waals surface area contributed by atoms with E-state index in [0.717, 1.165) is 18.9 Å². The topological polar surface area (TPSA) is 49.7 Å². The molecule has 3 heterocycles. The zero-order chi connectivity index (χ0) is 15.5. The van der Waals surface area contributed by atoms with E-state index >= 15 is 0 Å². The van der Waals surface area contributed by atoms with Gasteiger partial charge >= 0.3 is 0 Å². The minimum atomic E-state index is 0.429. The summed E-state index contributed by atoms with van der Waals surface area (Å²) >= 11 is 0. The first kappa shape index (κ1) is 15.3. The standard InChI is InChI=1S/C17H27N5/c1-13(2)22-16(6-7-19-22)12-21-8-4-5-15(11-21)9-17-14(3)10-18-20-17/h6-7,10,13,15H,4-5,8-9,11-12H2,1-3H3,(H,18,20)/t15-/m0/s1. The molecule has 1 N–H and O–H groups in total. The van der Waals surface area contributed by atoms with Crippen LogP contribution in [0.15, 0.2) is 18.5 Å². The van der Waals surface area contributed by atoms with Crippen molar-refractivity contribution in [3.63, 3.8) is 0 Å². The van der Waals surface area contributed by atoms with Gasteiger partial charge in [-0.05, 0) is 64.1 Å². The van der Waals surface area contributed by atoms with Crippen molar-refractivity contribution in [1.29, 1.82) is 0 Å². The van der Waals surface area contributed by atoms with Gasteiger partial charge in [0.05, 0.1) is 11.9 Å². The maximum atomic E-state index is 4.45. The van der Waals surface area contributed by atoms with E-state index in [9.17, 15) is 0 Å².